The van der Waals surface area contributed by atoms with E-state index in [1.807, 2.05) is 0 Å². The smallest absolute Gasteiger partial charge is 0.0782 e. The van der Waals surface area contributed by atoms with Gasteiger partial charge in [-0.3, -0.25) is 0 Å². The summed E-state index contributed by atoms with van der Waals surface area (Å²) in [4.78, 5) is 0. The third-order valence-electron chi connectivity index (χ3n) is 1.91. The second kappa shape index (κ2) is 7.17. The molecule has 14 heavy (non-hydrogen) atoms. The van der Waals surface area contributed by atoms with Crippen LogP contribution >= 0.6 is 0 Å². The lowest BCUT2D eigenvalue weighted by Gasteiger charge is -2.26. The topological polar surface area (TPSA) is 60.0 Å². The summed E-state index contributed by atoms with van der Waals surface area (Å²) in [7, 11) is 13.5. The van der Waals surface area contributed by atoms with Crippen molar-refractivity contribution < 1.29 is 19.9 Å². The minimum atomic E-state index is 0. The summed E-state index contributed by atoms with van der Waals surface area (Å²) in [5, 5.41) is 0. The number of nitrogens with zero attached hydrogens (tertiary/aromatic N) is 2. The van der Waals surface area contributed by atoms with Gasteiger partial charge in [-0.05, 0) is 0 Å². The molecular formula is C10H28N2O2. The van der Waals surface area contributed by atoms with Gasteiger partial charge in [0.25, 0.3) is 0 Å². The fourth-order valence-electron chi connectivity index (χ4n) is 1.17. The molecule has 4 heteroatoms. The normalized spacial score (nSPS) is 11.6. The first kappa shape index (κ1) is 19.4. The molecule has 0 rings (SSSR count). The molecule has 0 unspecified atom stereocenters. The predicted octanol–water partition coefficient (Wildman–Crippen LogP) is 0.825. The standard InChI is InChI=1S/C10H26N2.2H2O/c1-11(2,3)9-7-8-10-12(4,5)6;;/h7-10H2,1-6H3;2*1H2/q+2;;/p-2. The molecule has 0 aromatic heterocycles. The zero-order chi connectivity index (χ0) is 9.83. The second-order valence-electron chi connectivity index (χ2n) is 5.73. The highest BCUT2D eigenvalue weighted by atomic mass is 16.0. The second-order valence-corrected chi connectivity index (χ2v) is 5.73. The predicted molar refractivity (Wildman–Crippen MR) is 58.9 cm³/mol. The zero-order valence-electron chi connectivity index (χ0n) is 10.6. The Bertz CT molecular complexity index is 109. The van der Waals surface area contributed by atoms with E-state index in [9.17, 15) is 0 Å². The summed E-state index contributed by atoms with van der Waals surface area (Å²) in [5.74, 6) is 0. The van der Waals surface area contributed by atoms with E-state index in [4.69, 9.17) is 0 Å². The van der Waals surface area contributed by atoms with Crippen LogP contribution in [-0.4, -0.2) is 75.3 Å². The number of hydrogen-bond donors (Lipinski definition) is 0. The first-order valence-electron chi connectivity index (χ1n) is 4.82. The van der Waals surface area contributed by atoms with Crippen LogP contribution in [0.25, 0.3) is 0 Å². The van der Waals surface area contributed by atoms with E-state index in [1.54, 1.807) is 0 Å². The molecule has 0 aliphatic carbocycles. The van der Waals surface area contributed by atoms with Crippen molar-refractivity contribution in [1.82, 2.24) is 0 Å². The number of hydrogen-bond acceptors (Lipinski definition) is 2. The number of quaternary nitrogens is 2. The molecule has 0 aromatic carbocycles. The molecule has 0 saturated heterocycles. The third kappa shape index (κ3) is 17.8. The summed E-state index contributed by atoms with van der Waals surface area (Å²) in [6.07, 6.45) is 2.69. The Hall–Kier alpha value is -0.160. The minimum Gasteiger partial charge on any atom is -0.870 e. The van der Waals surface area contributed by atoms with Gasteiger partial charge in [0.1, 0.15) is 0 Å². The Labute approximate surface area is 88.9 Å². The quantitative estimate of drug-likeness (QED) is 0.496. The molecule has 2 N–H and O–H groups in total. The summed E-state index contributed by atoms with van der Waals surface area (Å²) in [6, 6.07) is 0. The molecule has 0 saturated carbocycles. The summed E-state index contributed by atoms with van der Waals surface area (Å²) in [5.41, 5.74) is 0. The maximum atomic E-state index is 2.26. The van der Waals surface area contributed by atoms with Gasteiger partial charge in [-0.25, -0.2) is 0 Å². The molecule has 0 radical (unpaired) electrons. The van der Waals surface area contributed by atoms with Gasteiger partial charge < -0.3 is 19.9 Å². The molecule has 0 amide bonds. The van der Waals surface area contributed by atoms with Crippen molar-refractivity contribution in [3.05, 3.63) is 0 Å². The third-order valence-corrected chi connectivity index (χ3v) is 1.91. The van der Waals surface area contributed by atoms with Crippen molar-refractivity contribution in [2.75, 3.05) is 55.4 Å². The highest BCUT2D eigenvalue weighted by Crippen LogP contribution is 2.00. The van der Waals surface area contributed by atoms with Crippen LogP contribution in [0.2, 0.25) is 0 Å². The van der Waals surface area contributed by atoms with E-state index in [2.05, 4.69) is 42.3 Å². The van der Waals surface area contributed by atoms with Crippen LogP contribution in [-0.2, 0) is 0 Å². The highest BCUT2D eigenvalue weighted by Gasteiger charge is 2.09. The van der Waals surface area contributed by atoms with E-state index >= 15 is 0 Å². The van der Waals surface area contributed by atoms with Crippen LogP contribution in [0.15, 0.2) is 0 Å². The van der Waals surface area contributed by atoms with Crippen molar-refractivity contribution in [3.8, 4) is 0 Å². The molecule has 0 heterocycles. The Morgan fingerprint density at radius 2 is 0.786 bits per heavy atom. The van der Waals surface area contributed by atoms with Gasteiger partial charge >= 0.3 is 0 Å². The van der Waals surface area contributed by atoms with Crippen LogP contribution in [0.3, 0.4) is 0 Å². The molecule has 0 aliphatic heterocycles. The highest BCUT2D eigenvalue weighted by molar-refractivity contribution is 4.37. The van der Waals surface area contributed by atoms with Gasteiger partial charge in [-0.2, -0.15) is 0 Å². The van der Waals surface area contributed by atoms with E-state index in [1.165, 1.54) is 25.9 Å². The van der Waals surface area contributed by atoms with E-state index < -0.39 is 0 Å². The van der Waals surface area contributed by atoms with Crippen LogP contribution in [0, 0.1) is 0 Å². The molecule has 4 nitrogen and oxygen atoms in total. The van der Waals surface area contributed by atoms with E-state index in [0.29, 0.717) is 0 Å². The molecule has 0 spiro atoms. The summed E-state index contributed by atoms with van der Waals surface area (Å²) < 4.78 is 2.19. The van der Waals surface area contributed by atoms with E-state index in [0.717, 1.165) is 8.97 Å². The lowest BCUT2D eigenvalue weighted by molar-refractivity contribution is -0.877. The van der Waals surface area contributed by atoms with Gasteiger partial charge in [0, 0.05) is 12.8 Å². The van der Waals surface area contributed by atoms with Crippen molar-refractivity contribution in [2.45, 2.75) is 12.8 Å². The van der Waals surface area contributed by atoms with Gasteiger partial charge in [-0.1, -0.05) is 0 Å². The minimum absolute atomic E-state index is 0. The lowest BCUT2D eigenvalue weighted by Crippen LogP contribution is -2.38. The van der Waals surface area contributed by atoms with Crippen molar-refractivity contribution >= 4 is 0 Å². The Morgan fingerprint density at radius 1 is 0.571 bits per heavy atom. The molecule has 0 fully saturated rings. The molecule has 90 valence electrons. The average molecular weight is 208 g/mol. The van der Waals surface area contributed by atoms with Crippen molar-refractivity contribution in [1.29, 1.82) is 0 Å². The SMILES string of the molecule is C[N+](C)(C)CCCC[N+](C)(C)C.[OH-].[OH-]. The fourth-order valence-corrected chi connectivity index (χ4v) is 1.17. The lowest BCUT2D eigenvalue weighted by atomic mass is 10.2. The molecule has 0 aromatic rings. The zero-order valence-corrected chi connectivity index (χ0v) is 10.6. The van der Waals surface area contributed by atoms with Gasteiger partial charge in [-0.15, -0.1) is 0 Å². The summed E-state index contributed by atoms with van der Waals surface area (Å²) in [6.45, 7) is 2.58. The Kier molecular flexibility index (Phi) is 9.95. The monoisotopic (exact) mass is 208 g/mol. The number of rotatable bonds is 5. The molecule has 0 atom stereocenters. The van der Waals surface area contributed by atoms with Crippen LogP contribution in [0.1, 0.15) is 12.8 Å². The molecule has 0 aliphatic rings. The first-order valence-corrected chi connectivity index (χ1v) is 4.82. The fraction of sp³-hybridized carbons (Fsp3) is 1.00. The maximum absolute atomic E-state index is 2.26. The van der Waals surface area contributed by atoms with Crippen molar-refractivity contribution in [2.24, 2.45) is 0 Å². The number of unbranched alkanes of at least 4 members (excludes halogenated alkanes) is 1. The maximum Gasteiger partial charge on any atom is 0.0782 e. The largest absolute Gasteiger partial charge is 0.870 e. The van der Waals surface area contributed by atoms with Gasteiger partial charge in [0.05, 0.1) is 55.4 Å². The summed E-state index contributed by atoms with van der Waals surface area (Å²) >= 11 is 0. The van der Waals surface area contributed by atoms with Crippen LogP contribution in [0.5, 0.6) is 0 Å². The molecule has 0 bridgehead atoms. The Morgan fingerprint density at radius 3 is 0.929 bits per heavy atom. The van der Waals surface area contributed by atoms with Crippen LogP contribution < -0.4 is 0 Å². The molecular weight excluding hydrogens is 180 g/mol. The first-order chi connectivity index (χ1) is 5.21. The van der Waals surface area contributed by atoms with Gasteiger partial charge in [0.15, 0.2) is 0 Å². The van der Waals surface area contributed by atoms with Crippen molar-refractivity contribution in [3.63, 3.8) is 0 Å². The van der Waals surface area contributed by atoms with Gasteiger partial charge in [0.2, 0.25) is 0 Å². The van der Waals surface area contributed by atoms with Crippen LogP contribution in [0.4, 0.5) is 0 Å². The Balaban J connectivity index is -0.000000605. The average Bonchev–Trinajstić information content (AvgIpc) is 1.76. The van der Waals surface area contributed by atoms with E-state index in [-0.39, 0.29) is 11.0 Å².